The molecule has 0 spiro atoms. The summed E-state index contributed by atoms with van der Waals surface area (Å²) in [6.07, 6.45) is 9.37. The Morgan fingerprint density at radius 3 is 2.44 bits per heavy atom. The predicted molar refractivity (Wildman–Crippen MR) is 79.8 cm³/mol. The van der Waals surface area contributed by atoms with Crippen LogP contribution in [0, 0.1) is 12.3 Å². The zero-order valence-electron chi connectivity index (χ0n) is 10.9. The Bertz CT molecular complexity index is 344. The fourth-order valence-corrected chi connectivity index (χ4v) is 4.74. The lowest BCUT2D eigenvalue weighted by atomic mass is 9.86. The molecule has 0 aromatic rings. The van der Waals surface area contributed by atoms with Gasteiger partial charge in [0, 0.05) is 0 Å². The van der Waals surface area contributed by atoms with Crippen LogP contribution in [0.5, 0.6) is 0 Å². The van der Waals surface area contributed by atoms with Crippen LogP contribution in [0.2, 0.25) is 0 Å². The normalized spacial score (nSPS) is 28.9. The van der Waals surface area contributed by atoms with Crippen LogP contribution in [0.15, 0.2) is 0 Å². The van der Waals surface area contributed by atoms with Crippen molar-refractivity contribution in [1.29, 1.82) is 0 Å². The van der Waals surface area contributed by atoms with Gasteiger partial charge in [-0.15, -0.1) is 6.42 Å². The van der Waals surface area contributed by atoms with Crippen molar-refractivity contribution in [2.24, 2.45) is 0 Å². The average Bonchev–Trinajstić information content (AvgIpc) is 2.33. The summed E-state index contributed by atoms with van der Waals surface area (Å²) < 4.78 is 28.5. The number of alkyl halides is 1. The van der Waals surface area contributed by atoms with Gasteiger partial charge >= 0.3 is 7.82 Å². The second-order valence-electron chi connectivity index (χ2n) is 4.12. The molecule has 0 heterocycles. The summed E-state index contributed by atoms with van der Waals surface area (Å²) >= 11 is 2.27. The maximum absolute atomic E-state index is 12.4. The van der Waals surface area contributed by atoms with Crippen molar-refractivity contribution in [1.82, 2.24) is 0 Å². The van der Waals surface area contributed by atoms with E-state index in [1.807, 2.05) is 0 Å². The van der Waals surface area contributed by atoms with Gasteiger partial charge < -0.3 is 0 Å². The summed E-state index contributed by atoms with van der Waals surface area (Å²) in [5, 5.41) is 0. The minimum atomic E-state index is -3.55. The number of hydrogen-bond acceptors (Lipinski definition) is 4. The molecule has 0 N–H and O–H groups in total. The standard InChI is InChI=1S/C12H20IO4P/c1-4-12(10-8-7-9-11(12)13)17-18(14,15-5-2)16-6-3/h1,11H,5-10H2,2-3H3. The Morgan fingerprint density at radius 2 is 2.00 bits per heavy atom. The van der Waals surface area contributed by atoms with Gasteiger partial charge in [0.15, 0.2) is 5.60 Å². The molecule has 1 fully saturated rings. The number of phosphoric ester groups is 1. The second kappa shape index (κ2) is 7.25. The maximum Gasteiger partial charge on any atom is 0.476 e. The number of phosphoric acid groups is 1. The third-order valence-electron chi connectivity index (χ3n) is 2.86. The highest BCUT2D eigenvalue weighted by Gasteiger charge is 2.46. The van der Waals surface area contributed by atoms with E-state index in [9.17, 15) is 4.57 Å². The average molecular weight is 386 g/mol. The molecule has 1 aliphatic carbocycles. The maximum atomic E-state index is 12.4. The predicted octanol–water partition coefficient (Wildman–Crippen LogP) is 3.93. The van der Waals surface area contributed by atoms with Gasteiger partial charge in [0.1, 0.15) is 0 Å². The van der Waals surface area contributed by atoms with Crippen LogP contribution in [0.1, 0.15) is 39.5 Å². The van der Waals surface area contributed by atoms with Crippen LogP contribution in [0.4, 0.5) is 0 Å². The molecule has 0 bridgehead atoms. The molecule has 2 atom stereocenters. The van der Waals surface area contributed by atoms with E-state index in [1.165, 1.54) is 0 Å². The fourth-order valence-electron chi connectivity index (χ4n) is 2.00. The first-order chi connectivity index (χ1) is 8.52. The highest BCUT2D eigenvalue weighted by atomic mass is 127. The Kier molecular flexibility index (Phi) is 6.63. The van der Waals surface area contributed by atoms with Gasteiger partial charge in [-0.1, -0.05) is 34.9 Å². The Balaban J connectivity index is 2.88. The van der Waals surface area contributed by atoms with Crippen LogP contribution in [-0.4, -0.2) is 22.7 Å². The highest BCUT2D eigenvalue weighted by molar-refractivity contribution is 14.1. The van der Waals surface area contributed by atoms with Gasteiger partial charge in [-0.05, 0) is 33.1 Å². The van der Waals surface area contributed by atoms with Crippen molar-refractivity contribution in [2.75, 3.05) is 13.2 Å². The summed E-state index contributed by atoms with van der Waals surface area (Å²) in [7, 11) is -3.55. The molecule has 18 heavy (non-hydrogen) atoms. The lowest BCUT2D eigenvalue weighted by Gasteiger charge is -2.38. The zero-order valence-corrected chi connectivity index (χ0v) is 13.9. The van der Waals surface area contributed by atoms with Crippen molar-refractivity contribution in [3.63, 3.8) is 0 Å². The van der Waals surface area contributed by atoms with E-state index in [-0.39, 0.29) is 17.1 Å². The van der Waals surface area contributed by atoms with Gasteiger partial charge in [-0.25, -0.2) is 4.57 Å². The monoisotopic (exact) mass is 386 g/mol. The summed E-state index contributed by atoms with van der Waals surface area (Å²) in [6.45, 7) is 4.04. The second-order valence-corrected chi connectivity index (χ2v) is 7.22. The van der Waals surface area contributed by atoms with Gasteiger partial charge in [0.25, 0.3) is 0 Å². The zero-order chi connectivity index (χ0) is 13.6. The van der Waals surface area contributed by atoms with Crippen LogP contribution in [0.3, 0.4) is 0 Å². The molecular formula is C12H20IO4P. The first kappa shape index (κ1) is 16.5. The van der Waals surface area contributed by atoms with Crippen molar-refractivity contribution < 1.29 is 18.1 Å². The van der Waals surface area contributed by atoms with Gasteiger partial charge in [-0.2, -0.15) is 0 Å². The Hall–Kier alpha value is 0.400. The van der Waals surface area contributed by atoms with E-state index in [0.717, 1.165) is 19.3 Å². The molecule has 0 amide bonds. The third-order valence-corrected chi connectivity index (χ3v) is 6.18. The minimum Gasteiger partial charge on any atom is -0.287 e. The van der Waals surface area contributed by atoms with Crippen LogP contribution in [-0.2, 0) is 18.1 Å². The summed E-state index contributed by atoms with van der Waals surface area (Å²) in [4.78, 5) is 0. The fraction of sp³-hybridized carbons (Fsp3) is 0.833. The van der Waals surface area contributed by atoms with E-state index in [1.54, 1.807) is 13.8 Å². The Morgan fingerprint density at radius 1 is 1.39 bits per heavy atom. The molecule has 1 rings (SSSR count). The molecule has 2 unspecified atom stereocenters. The van der Waals surface area contributed by atoms with E-state index in [0.29, 0.717) is 6.42 Å². The molecule has 0 aromatic carbocycles. The van der Waals surface area contributed by atoms with E-state index in [2.05, 4.69) is 28.5 Å². The smallest absolute Gasteiger partial charge is 0.287 e. The number of halogens is 1. The lowest BCUT2D eigenvalue weighted by molar-refractivity contribution is 0.0329. The van der Waals surface area contributed by atoms with E-state index in [4.69, 9.17) is 20.0 Å². The molecular weight excluding hydrogens is 366 g/mol. The van der Waals surface area contributed by atoms with Gasteiger partial charge in [0.05, 0.1) is 17.1 Å². The van der Waals surface area contributed by atoms with Crippen LogP contribution in [0.25, 0.3) is 0 Å². The topological polar surface area (TPSA) is 44.8 Å². The molecule has 1 aliphatic rings. The van der Waals surface area contributed by atoms with Gasteiger partial charge in [0.2, 0.25) is 0 Å². The summed E-state index contributed by atoms with van der Waals surface area (Å²) in [5.74, 6) is 2.68. The minimum absolute atomic E-state index is 0.128. The largest absolute Gasteiger partial charge is 0.476 e. The molecule has 0 saturated heterocycles. The van der Waals surface area contributed by atoms with Crippen LogP contribution < -0.4 is 0 Å². The first-order valence-electron chi connectivity index (χ1n) is 6.23. The highest BCUT2D eigenvalue weighted by Crippen LogP contribution is 2.56. The molecule has 1 saturated carbocycles. The van der Waals surface area contributed by atoms with Crippen molar-refractivity contribution in [2.45, 2.75) is 49.1 Å². The molecule has 6 heteroatoms. The molecule has 104 valence electrons. The third kappa shape index (κ3) is 3.94. The molecule has 0 aromatic heterocycles. The first-order valence-corrected chi connectivity index (χ1v) is 8.94. The molecule has 0 aliphatic heterocycles. The van der Waals surface area contributed by atoms with E-state index >= 15 is 0 Å². The van der Waals surface area contributed by atoms with Crippen molar-refractivity contribution in [3.05, 3.63) is 0 Å². The van der Waals surface area contributed by atoms with Crippen molar-refractivity contribution >= 4 is 30.4 Å². The summed E-state index contributed by atoms with van der Waals surface area (Å²) in [6, 6.07) is 0. The SMILES string of the molecule is C#CC1(OP(=O)(OCC)OCC)CCCCC1I. The van der Waals surface area contributed by atoms with E-state index < -0.39 is 13.4 Å². The van der Waals surface area contributed by atoms with Gasteiger partial charge in [-0.3, -0.25) is 13.6 Å². The lowest BCUT2D eigenvalue weighted by Crippen LogP contribution is -2.42. The molecule has 0 radical (unpaired) electrons. The number of hydrogen-bond donors (Lipinski definition) is 0. The molecule has 4 nitrogen and oxygen atoms in total. The number of terminal acetylenes is 1. The van der Waals surface area contributed by atoms with Crippen LogP contribution >= 0.6 is 30.4 Å². The number of rotatable bonds is 6. The van der Waals surface area contributed by atoms with Crippen molar-refractivity contribution in [3.8, 4) is 12.3 Å². The quantitative estimate of drug-likeness (QED) is 0.300. The Labute approximate surface area is 123 Å². The summed E-state index contributed by atoms with van der Waals surface area (Å²) in [5.41, 5.74) is -0.835.